The Morgan fingerprint density at radius 3 is 2.70 bits per heavy atom. The van der Waals surface area contributed by atoms with Gasteiger partial charge in [-0.1, -0.05) is 25.5 Å². The first kappa shape index (κ1) is 16.7. The van der Waals surface area contributed by atoms with Crippen LogP contribution in [0.2, 0.25) is 0 Å². The molecule has 1 atom stereocenters. The number of hydrogen-bond donors (Lipinski definition) is 2. The van der Waals surface area contributed by atoms with Crippen molar-refractivity contribution in [3.8, 4) is 11.5 Å². The Morgan fingerprint density at radius 1 is 1.35 bits per heavy atom. The molecule has 0 aromatic heterocycles. The monoisotopic (exact) mass is 289 g/mol. The molecule has 0 saturated heterocycles. The van der Waals surface area contributed by atoms with Crippen molar-refractivity contribution in [1.82, 2.24) is 5.32 Å². The predicted octanol–water partition coefficient (Wildman–Crippen LogP) is 2.55. The highest BCUT2D eigenvalue weighted by molar-refractivity contribution is 5.46. The fourth-order valence-corrected chi connectivity index (χ4v) is 1.89. The van der Waals surface area contributed by atoms with E-state index in [1.54, 1.807) is 18.2 Å². The third-order valence-corrected chi connectivity index (χ3v) is 2.80. The summed E-state index contributed by atoms with van der Waals surface area (Å²) >= 11 is 0. The summed E-state index contributed by atoms with van der Waals surface area (Å²) in [7, 11) is 1.40. The summed E-state index contributed by atoms with van der Waals surface area (Å²) in [6.07, 6.45) is 1.15. The van der Waals surface area contributed by atoms with Gasteiger partial charge in [0.25, 0.3) is 0 Å². The molecule has 0 aliphatic rings. The Hall–Kier alpha value is -1.40. The first-order valence-electron chi connectivity index (χ1n) is 6.58. The van der Waals surface area contributed by atoms with Gasteiger partial charge in [0.2, 0.25) is 0 Å². The Balaban J connectivity index is 2.68. The van der Waals surface area contributed by atoms with Gasteiger partial charge in [-0.05, 0) is 12.5 Å². The second-order valence-electron chi connectivity index (χ2n) is 4.40. The van der Waals surface area contributed by atoms with Crippen molar-refractivity contribution in [3.63, 3.8) is 0 Å². The van der Waals surface area contributed by atoms with Crippen LogP contribution in [0.25, 0.3) is 0 Å². The van der Waals surface area contributed by atoms with Crippen LogP contribution in [0.5, 0.6) is 11.5 Å². The third-order valence-electron chi connectivity index (χ3n) is 2.80. The average molecular weight is 289 g/mol. The third kappa shape index (κ3) is 5.30. The molecule has 114 valence electrons. The van der Waals surface area contributed by atoms with Crippen LogP contribution in [-0.4, -0.2) is 31.5 Å². The van der Waals surface area contributed by atoms with E-state index in [4.69, 9.17) is 4.74 Å². The van der Waals surface area contributed by atoms with Gasteiger partial charge in [-0.2, -0.15) is 8.78 Å². The number of hydrogen-bond acceptors (Lipinski definition) is 4. The van der Waals surface area contributed by atoms with Gasteiger partial charge < -0.3 is 19.9 Å². The zero-order valence-electron chi connectivity index (χ0n) is 11.7. The zero-order valence-corrected chi connectivity index (χ0v) is 11.7. The molecule has 1 unspecified atom stereocenters. The van der Waals surface area contributed by atoms with Crippen LogP contribution in [0.1, 0.15) is 25.3 Å². The molecule has 1 aromatic carbocycles. The number of methoxy groups -OCH3 is 1. The van der Waals surface area contributed by atoms with Gasteiger partial charge in [0.15, 0.2) is 11.5 Å². The maximum absolute atomic E-state index is 12.4. The summed E-state index contributed by atoms with van der Waals surface area (Å²) in [5.41, 5.74) is 0.563. The Kier molecular flexibility index (Phi) is 7.25. The number of aliphatic hydroxyl groups is 1. The van der Waals surface area contributed by atoms with E-state index >= 15 is 0 Å². The molecule has 0 amide bonds. The van der Waals surface area contributed by atoms with E-state index in [1.807, 2.05) is 6.92 Å². The van der Waals surface area contributed by atoms with Gasteiger partial charge in [0.1, 0.15) is 0 Å². The molecule has 0 aliphatic heterocycles. The number of aliphatic hydroxyl groups excluding tert-OH is 1. The Morgan fingerprint density at radius 2 is 2.10 bits per heavy atom. The number of nitrogens with one attached hydrogen (secondary N) is 1. The molecule has 2 N–H and O–H groups in total. The molecule has 1 rings (SSSR count). The normalized spacial score (nSPS) is 12.5. The van der Waals surface area contributed by atoms with Gasteiger partial charge in [-0.15, -0.1) is 0 Å². The highest BCUT2D eigenvalue weighted by Gasteiger charge is 2.15. The molecular formula is C14H21F2NO3. The number of benzene rings is 1. The number of ether oxygens (including phenoxy) is 2. The molecule has 1 aromatic rings. The number of para-hydroxylation sites is 1. The molecule has 0 saturated carbocycles. The number of alkyl halides is 2. The zero-order chi connectivity index (χ0) is 15.0. The second-order valence-corrected chi connectivity index (χ2v) is 4.40. The van der Waals surface area contributed by atoms with Crippen LogP contribution in [0.15, 0.2) is 18.2 Å². The first-order chi connectivity index (χ1) is 9.58. The van der Waals surface area contributed by atoms with Crippen molar-refractivity contribution >= 4 is 0 Å². The van der Waals surface area contributed by atoms with E-state index in [9.17, 15) is 13.9 Å². The molecule has 0 heterocycles. The fourth-order valence-electron chi connectivity index (χ4n) is 1.89. The largest absolute Gasteiger partial charge is 0.493 e. The lowest BCUT2D eigenvalue weighted by molar-refractivity contribution is -0.0519. The van der Waals surface area contributed by atoms with Crippen molar-refractivity contribution in [3.05, 3.63) is 23.8 Å². The highest BCUT2D eigenvalue weighted by atomic mass is 19.3. The molecule has 6 heteroatoms. The first-order valence-corrected chi connectivity index (χ1v) is 6.58. The summed E-state index contributed by atoms with van der Waals surface area (Å²) in [5, 5.41) is 12.6. The van der Waals surface area contributed by atoms with E-state index in [0.29, 0.717) is 25.1 Å². The quantitative estimate of drug-likeness (QED) is 0.733. The molecule has 0 fully saturated rings. The van der Waals surface area contributed by atoms with Crippen molar-refractivity contribution in [1.29, 1.82) is 0 Å². The minimum Gasteiger partial charge on any atom is -0.493 e. The summed E-state index contributed by atoms with van der Waals surface area (Å²) in [6, 6.07) is 4.95. The lowest BCUT2D eigenvalue weighted by Gasteiger charge is -2.16. The minimum absolute atomic E-state index is 0.0301. The van der Waals surface area contributed by atoms with Crippen LogP contribution in [-0.2, 0) is 6.54 Å². The molecule has 0 bridgehead atoms. The van der Waals surface area contributed by atoms with Gasteiger partial charge in [-0.3, -0.25) is 0 Å². The van der Waals surface area contributed by atoms with E-state index in [2.05, 4.69) is 10.1 Å². The van der Waals surface area contributed by atoms with Crippen LogP contribution in [0, 0.1) is 0 Å². The van der Waals surface area contributed by atoms with Gasteiger partial charge in [-0.25, -0.2) is 0 Å². The lowest BCUT2D eigenvalue weighted by Crippen LogP contribution is -2.26. The maximum Gasteiger partial charge on any atom is 0.387 e. The van der Waals surface area contributed by atoms with E-state index < -0.39 is 12.7 Å². The van der Waals surface area contributed by atoms with Crippen LogP contribution in [0.3, 0.4) is 0 Å². The Bertz CT molecular complexity index is 402. The summed E-state index contributed by atoms with van der Waals surface area (Å²) in [6.45, 7) is -0.199. The summed E-state index contributed by atoms with van der Waals surface area (Å²) < 4.78 is 34.4. The second kappa shape index (κ2) is 8.71. The van der Waals surface area contributed by atoms with Crippen molar-refractivity contribution in [2.24, 2.45) is 0 Å². The molecule has 4 nitrogen and oxygen atoms in total. The van der Waals surface area contributed by atoms with Crippen LogP contribution < -0.4 is 14.8 Å². The minimum atomic E-state index is -2.91. The van der Waals surface area contributed by atoms with Gasteiger partial charge in [0.05, 0.1) is 13.2 Å². The number of halogens is 2. The fraction of sp³-hybridized carbons (Fsp3) is 0.571. The maximum atomic E-state index is 12.4. The van der Waals surface area contributed by atoms with E-state index in [1.165, 1.54) is 7.11 Å². The van der Waals surface area contributed by atoms with Crippen LogP contribution >= 0.6 is 0 Å². The molecule has 20 heavy (non-hydrogen) atoms. The molecular weight excluding hydrogens is 268 g/mol. The summed E-state index contributed by atoms with van der Waals surface area (Å²) in [4.78, 5) is 0. The summed E-state index contributed by atoms with van der Waals surface area (Å²) in [5.74, 6) is 0.293. The van der Waals surface area contributed by atoms with E-state index in [-0.39, 0.29) is 11.5 Å². The Labute approximate surface area is 117 Å². The van der Waals surface area contributed by atoms with Gasteiger partial charge in [0, 0.05) is 18.7 Å². The van der Waals surface area contributed by atoms with Crippen molar-refractivity contribution in [2.75, 3.05) is 13.7 Å². The SMILES string of the molecule is CCCC(O)CNCc1cccc(OC)c1OC(F)F. The average Bonchev–Trinajstić information content (AvgIpc) is 2.40. The molecule has 0 aliphatic carbocycles. The van der Waals surface area contributed by atoms with Crippen molar-refractivity contribution < 1.29 is 23.4 Å². The smallest absolute Gasteiger partial charge is 0.387 e. The molecule has 0 spiro atoms. The molecule has 0 radical (unpaired) electrons. The topological polar surface area (TPSA) is 50.7 Å². The van der Waals surface area contributed by atoms with E-state index in [0.717, 1.165) is 6.42 Å². The number of rotatable bonds is 9. The van der Waals surface area contributed by atoms with Crippen molar-refractivity contribution in [2.45, 2.75) is 39.0 Å². The predicted molar refractivity (Wildman–Crippen MR) is 72.2 cm³/mol. The van der Waals surface area contributed by atoms with Crippen LogP contribution in [0.4, 0.5) is 8.78 Å². The lowest BCUT2D eigenvalue weighted by atomic mass is 10.1. The standard InChI is InChI=1S/C14H21F2NO3/c1-3-5-11(18)9-17-8-10-6-4-7-12(19-2)13(10)20-14(15)16/h4,6-7,11,14,17-18H,3,5,8-9H2,1-2H3. The van der Waals surface area contributed by atoms with Gasteiger partial charge >= 0.3 is 6.61 Å². The highest BCUT2D eigenvalue weighted by Crippen LogP contribution is 2.32.